The molecule has 8 heavy (non-hydrogen) atoms. The third-order valence-corrected chi connectivity index (χ3v) is 0.749. The van der Waals surface area contributed by atoms with Gasteiger partial charge in [-0.3, -0.25) is 4.98 Å². The Morgan fingerprint density at radius 1 is 1.25 bits per heavy atom. The second-order valence-electron chi connectivity index (χ2n) is 1.36. The van der Waals surface area contributed by atoms with Gasteiger partial charge in [0, 0.05) is 0 Å². The van der Waals surface area contributed by atoms with Gasteiger partial charge in [0.05, 0.1) is 0 Å². The second kappa shape index (κ2) is 3.68. The maximum absolute atomic E-state index is 3.81. The van der Waals surface area contributed by atoms with Crippen LogP contribution < -0.4 is 0 Å². The monoisotopic (exact) mass is 276 g/mol. The Hall–Kier alpha value is -0.292. The third kappa shape index (κ3) is 2.13. The molecule has 0 saturated heterocycles. The summed E-state index contributed by atoms with van der Waals surface area (Å²) in [5, 5.41) is 0. The van der Waals surface area contributed by atoms with Crippen molar-refractivity contribution in [3.05, 3.63) is 37.0 Å². The second-order valence-corrected chi connectivity index (χ2v) is 1.36. The predicted molar refractivity (Wildman–Crippen MR) is 28.7 cm³/mol. The van der Waals surface area contributed by atoms with Gasteiger partial charge in [0.25, 0.3) is 0 Å². The minimum atomic E-state index is 0. The van der Waals surface area contributed by atoms with Crippen LogP contribution in [-0.4, -0.2) is 4.98 Å². The summed E-state index contributed by atoms with van der Waals surface area (Å²) in [4.78, 5) is 3.81. The van der Waals surface area contributed by atoms with E-state index in [4.69, 9.17) is 0 Å². The molecule has 0 atom stereocenters. The molecule has 1 nitrogen and oxygen atoms in total. The SMILES string of the molecule is [CH2-]c1ccncc1.[W+2]. The van der Waals surface area contributed by atoms with Gasteiger partial charge in [-0.25, -0.2) is 0 Å². The largest absolute Gasteiger partial charge is 2.00 e. The summed E-state index contributed by atoms with van der Waals surface area (Å²) in [7, 11) is 0. The molecule has 0 fully saturated rings. The standard InChI is InChI=1S/C6H6N.W/c1-6-2-4-7-5-3-6;/h2-5H,1H2;/q-1;+2. The Kier molecular flexibility index (Phi) is 3.54. The van der Waals surface area contributed by atoms with E-state index in [0.29, 0.717) is 0 Å². The van der Waals surface area contributed by atoms with Crippen molar-refractivity contribution in [2.75, 3.05) is 0 Å². The van der Waals surface area contributed by atoms with Crippen LogP contribution in [0.25, 0.3) is 0 Å². The van der Waals surface area contributed by atoms with E-state index >= 15 is 0 Å². The van der Waals surface area contributed by atoms with Crippen molar-refractivity contribution in [2.24, 2.45) is 0 Å². The number of nitrogens with zero attached hydrogens (tertiary/aromatic N) is 1. The zero-order valence-corrected chi connectivity index (χ0v) is 7.31. The van der Waals surface area contributed by atoms with Crippen LogP contribution in [0.15, 0.2) is 24.5 Å². The summed E-state index contributed by atoms with van der Waals surface area (Å²) in [6.07, 6.45) is 3.45. The first-order valence-electron chi connectivity index (χ1n) is 2.11. The minimum Gasteiger partial charge on any atom is -0.291 e. The van der Waals surface area contributed by atoms with E-state index < -0.39 is 0 Å². The third-order valence-electron chi connectivity index (χ3n) is 0.749. The van der Waals surface area contributed by atoms with Crippen LogP contribution >= 0.6 is 0 Å². The van der Waals surface area contributed by atoms with Crippen LogP contribution in [0.1, 0.15) is 5.56 Å². The molecule has 0 aliphatic heterocycles. The first kappa shape index (κ1) is 7.71. The summed E-state index contributed by atoms with van der Waals surface area (Å²) in [5.74, 6) is 0. The Bertz CT molecular complexity index is 138. The molecular weight excluding hydrogens is 270 g/mol. The Morgan fingerprint density at radius 2 is 1.75 bits per heavy atom. The molecule has 0 aromatic carbocycles. The first-order chi connectivity index (χ1) is 3.39. The van der Waals surface area contributed by atoms with Crippen LogP contribution in [0, 0.1) is 6.92 Å². The van der Waals surface area contributed by atoms with Gasteiger partial charge < -0.3 is 0 Å². The smallest absolute Gasteiger partial charge is 0.291 e. The number of pyridine rings is 1. The Labute approximate surface area is 63.4 Å². The topological polar surface area (TPSA) is 12.9 Å². The maximum Gasteiger partial charge on any atom is 2.00 e. The molecule has 0 aliphatic carbocycles. The molecule has 0 N–H and O–H groups in total. The fourth-order valence-corrected chi connectivity index (χ4v) is 0.383. The molecule has 40 valence electrons. The van der Waals surface area contributed by atoms with Crippen molar-refractivity contribution in [3.63, 3.8) is 0 Å². The number of rotatable bonds is 0. The minimum absolute atomic E-state index is 0. The molecule has 0 unspecified atom stereocenters. The Morgan fingerprint density at radius 3 is 2.00 bits per heavy atom. The van der Waals surface area contributed by atoms with Gasteiger partial charge in [-0.2, -0.15) is 12.5 Å². The van der Waals surface area contributed by atoms with Gasteiger partial charge in [0.1, 0.15) is 0 Å². The summed E-state index contributed by atoms with van der Waals surface area (Å²) < 4.78 is 0. The normalized spacial score (nSPS) is 7.50. The molecule has 1 rings (SSSR count). The molecule has 0 radical (unpaired) electrons. The molecule has 0 aliphatic rings. The van der Waals surface area contributed by atoms with E-state index in [-0.39, 0.29) is 21.1 Å². The van der Waals surface area contributed by atoms with Gasteiger partial charge in [0.15, 0.2) is 0 Å². The van der Waals surface area contributed by atoms with Gasteiger partial charge in [-0.15, -0.1) is 12.1 Å². The van der Waals surface area contributed by atoms with Gasteiger partial charge in [-0.1, -0.05) is 0 Å². The average Bonchev–Trinajstić information content (AvgIpc) is 1.69. The maximum atomic E-state index is 3.81. The van der Waals surface area contributed by atoms with E-state index in [0.717, 1.165) is 5.56 Å². The van der Waals surface area contributed by atoms with E-state index in [1.54, 1.807) is 12.4 Å². The van der Waals surface area contributed by atoms with Gasteiger partial charge >= 0.3 is 21.1 Å². The molecular formula is C6H6NW+. The van der Waals surface area contributed by atoms with Crippen LogP contribution in [0.3, 0.4) is 0 Å². The average molecular weight is 276 g/mol. The fraction of sp³-hybridized carbons (Fsp3) is 0. The zero-order chi connectivity index (χ0) is 5.11. The van der Waals surface area contributed by atoms with Crippen molar-refractivity contribution in [2.45, 2.75) is 0 Å². The summed E-state index contributed by atoms with van der Waals surface area (Å²) in [6, 6.07) is 3.72. The van der Waals surface area contributed by atoms with Crippen molar-refractivity contribution in [1.29, 1.82) is 0 Å². The summed E-state index contributed by atoms with van der Waals surface area (Å²) in [5.41, 5.74) is 1.01. The molecule has 0 amide bonds. The molecule has 0 spiro atoms. The summed E-state index contributed by atoms with van der Waals surface area (Å²) in [6.45, 7) is 3.68. The Balaban J connectivity index is 0.000000490. The molecule has 0 saturated carbocycles. The van der Waals surface area contributed by atoms with Gasteiger partial charge in [0.2, 0.25) is 0 Å². The van der Waals surface area contributed by atoms with Crippen LogP contribution in [0.5, 0.6) is 0 Å². The van der Waals surface area contributed by atoms with Crippen LogP contribution in [0.2, 0.25) is 0 Å². The van der Waals surface area contributed by atoms with Crippen molar-refractivity contribution in [3.8, 4) is 0 Å². The molecule has 0 bridgehead atoms. The van der Waals surface area contributed by atoms with E-state index in [1.807, 2.05) is 12.1 Å². The van der Waals surface area contributed by atoms with E-state index in [9.17, 15) is 0 Å². The van der Waals surface area contributed by atoms with Crippen LogP contribution in [-0.2, 0) is 21.1 Å². The first-order valence-corrected chi connectivity index (χ1v) is 2.11. The van der Waals surface area contributed by atoms with Crippen LogP contribution in [0.4, 0.5) is 0 Å². The van der Waals surface area contributed by atoms with Gasteiger partial charge in [-0.05, 0) is 12.4 Å². The fourth-order valence-electron chi connectivity index (χ4n) is 0.383. The summed E-state index contributed by atoms with van der Waals surface area (Å²) >= 11 is 0. The molecule has 1 aromatic rings. The zero-order valence-electron chi connectivity index (χ0n) is 4.37. The number of aromatic nitrogens is 1. The predicted octanol–water partition coefficient (Wildman–Crippen LogP) is 1.26. The molecule has 1 heterocycles. The van der Waals surface area contributed by atoms with E-state index in [2.05, 4.69) is 11.9 Å². The van der Waals surface area contributed by atoms with E-state index in [1.165, 1.54) is 0 Å². The molecule has 2 heteroatoms. The van der Waals surface area contributed by atoms with Crippen molar-refractivity contribution < 1.29 is 21.1 Å². The number of hydrogen-bond donors (Lipinski definition) is 0. The van der Waals surface area contributed by atoms with Crippen molar-refractivity contribution >= 4 is 0 Å². The molecule has 1 aromatic heterocycles. The van der Waals surface area contributed by atoms with Crippen molar-refractivity contribution in [1.82, 2.24) is 4.98 Å². The quantitative estimate of drug-likeness (QED) is 0.650. The number of hydrogen-bond acceptors (Lipinski definition) is 1.